The van der Waals surface area contributed by atoms with Crippen molar-refractivity contribution in [2.75, 3.05) is 12.9 Å². The van der Waals surface area contributed by atoms with E-state index < -0.39 is 0 Å². The molecule has 1 fully saturated rings. The van der Waals surface area contributed by atoms with Gasteiger partial charge in [0.1, 0.15) is 0 Å². The molecule has 0 N–H and O–H groups in total. The Bertz CT molecular complexity index is 488. The van der Waals surface area contributed by atoms with Crippen molar-refractivity contribution in [2.24, 2.45) is 0 Å². The molecule has 0 amide bonds. The molecule has 4 heteroatoms. The Morgan fingerprint density at radius 3 is 2.67 bits per heavy atom. The van der Waals surface area contributed by atoms with Gasteiger partial charge < -0.3 is 4.74 Å². The molecule has 1 saturated carbocycles. The monoisotopic (exact) mass is 324 g/mol. The Kier molecular flexibility index (Phi) is 6.49. The van der Waals surface area contributed by atoms with Gasteiger partial charge in [0.2, 0.25) is 0 Å². The second-order valence-electron chi connectivity index (χ2n) is 5.64. The number of rotatable bonds is 5. The van der Waals surface area contributed by atoms with E-state index in [9.17, 15) is 4.79 Å². The second-order valence-corrected chi connectivity index (χ2v) is 8.14. The fraction of sp³-hybridized carbons (Fsp3) is 0.588. The van der Waals surface area contributed by atoms with Gasteiger partial charge in [-0.25, -0.2) is 0 Å². The number of esters is 1. The van der Waals surface area contributed by atoms with Gasteiger partial charge >= 0.3 is 5.97 Å². The summed E-state index contributed by atoms with van der Waals surface area (Å²) in [7, 11) is 1.46. The third-order valence-corrected chi connectivity index (χ3v) is 7.03. The van der Waals surface area contributed by atoms with E-state index in [0.29, 0.717) is 16.3 Å². The standard InChI is InChI=1S/C17H24O2S2/c1-12-8-9-13(2)16(10-12)21-15-7-5-4-6-14(15)20-11-17(18)19-3/h8-10,14-15H,4-7,11H2,1-3H3. The van der Waals surface area contributed by atoms with Gasteiger partial charge in [-0.2, -0.15) is 0 Å². The van der Waals surface area contributed by atoms with Crippen molar-refractivity contribution in [2.45, 2.75) is 54.9 Å². The molecule has 2 nitrogen and oxygen atoms in total. The number of benzene rings is 1. The molecular formula is C17H24O2S2. The lowest BCUT2D eigenvalue weighted by atomic mass is 10.00. The van der Waals surface area contributed by atoms with E-state index >= 15 is 0 Å². The predicted molar refractivity (Wildman–Crippen MR) is 92.3 cm³/mol. The first-order valence-corrected chi connectivity index (χ1v) is 9.45. The summed E-state index contributed by atoms with van der Waals surface area (Å²) < 4.78 is 4.76. The van der Waals surface area contributed by atoms with Crippen molar-refractivity contribution < 1.29 is 9.53 Å². The first-order valence-electron chi connectivity index (χ1n) is 7.52. The molecule has 0 spiro atoms. The molecule has 2 atom stereocenters. The Balaban J connectivity index is 2.01. The van der Waals surface area contributed by atoms with Crippen LogP contribution < -0.4 is 0 Å². The molecule has 0 aliphatic heterocycles. The number of carbonyl (C=O) groups is 1. The number of hydrogen-bond acceptors (Lipinski definition) is 4. The van der Waals surface area contributed by atoms with Crippen molar-refractivity contribution >= 4 is 29.5 Å². The van der Waals surface area contributed by atoms with E-state index in [1.54, 1.807) is 11.8 Å². The number of thioether (sulfide) groups is 2. The summed E-state index contributed by atoms with van der Waals surface area (Å²) in [6.45, 7) is 4.33. The van der Waals surface area contributed by atoms with Crippen molar-refractivity contribution in [3.63, 3.8) is 0 Å². The maximum atomic E-state index is 11.4. The highest BCUT2D eigenvalue weighted by Gasteiger charge is 2.27. The Morgan fingerprint density at radius 1 is 1.24 bits per heavy atom. The Hall–Kier alpha value is -0.610. The van der Waals surface area contributed by atoms with Crippen LogP contribution in [0.5, 0.6) is 0 Å². The van der Waals surface area contributed by atoms with Gasteiger partial charge in [-0.05, 0) is 38.3 Å². The molecule has 0 saturated heterocycles. The van der Waals surface area contributed by atoms with E-state index in [1.807, 2.05) is 11.8 Å². The van der Waals surface area contributed by atoms with Gasteiger partial charge in [0.15, 0.2) is 0 Å². The predicted octanol–water partition coefficient (Wildman–Crippen LogP) is 4.61. The molecule has 0 heterocycles. The van der Waals surface area contributed by atoms with Crippen LogP contribution in [0.25, 0.3) is 0 Å². The summed E-state index contributed by atoms with van der Waals surface area (Å²) in [6, 6.07) is 6.66. The summed E-state index contributed by atoms with van der Waals surface area (Å²) in [5.41, 5.74) is 2.67. The highest BCUT2D eigenvalue weighted by molar-refractivity contribution is 8.04. The van der Waals surface area contributed by atoms with Gasteiger partial charge in [0, 0.05) is 15.4 Å². The number of carbonyl (C=O) groups excluding carboxylic acids is 1. The average molecular weight is 325 g/mol. The van der Waals surface area contributed by atoms with Crippen molar-refractivity contribution in [1.82, 2.24) is 0 Å². The van der Waals surface area contributed by atoms with Crippen LogP contribution in [0.1, 0.15) is 36.8 Å². The van der Waals surface area contributed by atoms with Gasteiger partial charge in [-0.15, -0.1) is 23.5 Å². The van der Waals surface area contributed by atoms with E-state index in [2.05, 4.69) is 32.0 Å². The molecule has 1 aliphatic carbocycles. The Morgan fingerprint density at radius 2 is 1.95 bits per heavy atom. The zero-order valence-electron chi connectivity index (χ0n) is 13.1. The van der Waals surface area contributed by atoms with Crippen LogP contribution in [-0.2, 0) is 9.53 Å². The second kappa shape index (κ2) is 8.14. The van der Waals surface area contributed by atoms with E-state index in [-0.39, 0.29) is 5.97 Å². The zero-order chi connectivity index (χ0) is 15.2. The normalized spacial score (nSPS) is 22.0. The molecule has 21 heavy (non-hydrogen) atoms. The fourth-order valence-corrected chi connectivity index (χ4v) is 5.58. The van der Waals surface area contributed by atoms with Gasteiger partial charge in [-0.1, -0.05) is 30.5 Å². The SMILES string of the molecule is COC(=O)CSC1CCCCC1Sc1cc(C)ccc1C. The highest BCUT2D eigenvalue weighted by atomic mass is 32.2. The van der Waals surface area contributed by atoms with Gasteiger partial charge in [-0.3, -0.25) is 4.79 Å². The quantitative estimate of drug-likeness (QED) is 0.739. The fourth-order valence-electron chi connectivity index (χ4n) is 2.62. The van der Waals surface area contributed by atoms with E-state index in [0.717, 1.165) is 0 Å². The lowest BCUT2D eigenvalue weighted by Crippen LogP contribution is -2.26. The van der Waals surface area contributed by atoms with Crippen LogP contribution in [0.3, 0.4) is 0 Å². The minimum absolute atomic E-state index is 0.110. The van der Waals surface area contributed by atoms with Crippen LogP contribution in [0.4, 0.5) is 0 Å². The summed E-state index contributed by atoms with van der Waals surface area (Å²) in [6.07, 6.45) is 5.04. The smallest absolute Gasteiger partial charge is 0.315 e. The van der Waals surface area contributed by atoms with Crippen molar-refractivity contribution in [1.29, 1.82) is 0 Å². The molecule has 1 aromatic carbocycles. The van der Waals surface area contributed by atoms with Crippen molar-refractivity contribution in [3.05, 3.63) is 29.3 Å². The lowest BCUT2D eigenvalue weighted by molar-refractivity contribution is -0.137. The third kappa shape index (κ3) is 4.96. The molecular weight excluding hydrogens is 300 g/mol. The number of ether oxygens (including phenoxy) is 1. The molecule has 1 aromatic rings. The molecule has 2 unspecified atom stereocenters. The molecule has 116 valence electrons. The summed E-state index contributed by atoms with van der Waals surface area (Å²) in [5.74, 6) is 0.367. The lowest BCUT2D eigenvalue weighted by Gasteiger charge is -2.30. The maximum absolute atomic E-state index is 11.4. The summed E-state index contributed by atoms with van der Waals surface area (Å²) in [5, 5.41) is 1.16. The highest BCUT2D eigenvalue weighted by Crippen LogP contribution is 2.40. The molecule has 0 bridgehead atoms. The van der Waals surface area contributed by atoms with E-state index in [4.69, 9.17) is 4.74 Å². The average Bonchev–Trinajstić information content (AvgIpc) is 2.49. The van der Waals surface area contributed by atoms with Gasteiger partial charge in [0.05, 0.1) is 12.9 Å². The topological polar surface area (TPSA) is 26.3 Å². The summed E-state index contributed by atoms with van der Waals surface area (Å²) in [4.78, 5) is 12.8. The number of hydrogen-bond donors (Lipinski definition) is 0. The van der Waals surface area contributed by atoms with E-state index in [1.165, 1.54) is 48.8 Å². The van der Waals surface area contributed by atoms with Crippen LogP contribution in [0, 0.1) is 13.8 Å². The van der Waals surface area contributed by atoms with Crippen LogP contribution in [0.2, 0.25) is 0 Å². The number of methoxy groups -OCH3 is 1. The minimum atomic E-state index is -0.110. The first-order chi connectivity index (χ1) is 10.1. The largest absolute Gasteiger partial charge is 0.468 e. The molecule has 0 aromatic heterocycles. The number of aryl methyl sites for hydroxylation is 2. The van der Waals surface area contributed by atoms with Crippen LogP contribution in [0.15, 0.2) is 23.1 Å². The van der Waals surface area contributed by atoms with Crippen LogP contribution >= 0.6 is 23.5 Å². The van der Waals surface area contributed by atoms with Crippen LogP contribution in [-0.4, -0.2) is 29.3 Å². The zero-order valence-corrected chi connectivity index (χ0v) is 14.7. The maximum Gasteiger partial charge on any atom is 0.315 e. The van der Waals surface area contributed by atoms with Crippen molar-refractivity contribution in [3.8, 4) is 0 Å². The Labute approximate surface area is 136 Å². The summed E-state index contributed by atoms with van der Waals surface area (Å²) >= 11 is 3.77. The molecule has 1 aliphatic rings. The third-order valence-electron chi connectivity index (χ3n) is 3.91. The van der Waals surface area contributed by atoms with Gasteiger partial charge in [0.25, 0.3) is 0 Å². The minimum Gasteiger partial charge on any atom is -0.468 e. The first kappa shape index (κ1) is 16.8. The molecule has 0 radical (unpaired) electrons. The molecule has 2 rings (SSSR count).